The van der Waals surface area contributed by atoms with Gasteiger partial charge in [0.15, 0.2) is 0 Å². The van der Waals surface area contributed by atoms with Gasteiger partial charge in [-0.15, -0.1) is 12.4 Å². The second-order valence-electron chi connectivity index (χ2n) is 3.90. The molecule has 1 aliphatic rings. The van der Waals surface area contributed by atoms with Gasteiger partial charge >= 0.3 is 0 Å². The molecule has 0 heterocycles. The standard InChI is InChI=1S/C11H11BrN2O.ClH/c12-10-2-1-9(5-8(10)6-13)15-7-11(14)3-4-11;/h1-2,5H,3-4,7,14H2;1H. The Balaban J connectivity index is 0.00000128. The Hall–Kier alpha value is -0.760. The minimum absolute atomic E-state index is 0. The zero-order valence-electron chi connectivity index (χ0n) is 8.57. The molecular formula is C11H12BrClN2O. The third-order valence-electron chi connectivity index (χ3n) is 2.48. The van der Waals surface area contributed by atoms with E-state index >= 15 is 0 Å². The van der Waals surface area contributed by atoms with Crippen molar-refractivity contribution in [1.82, 2.24) is 0 Å². The average Bonchev–Trinajstić information content (AvgIpc) is 2.96. The molecular weight excluding hydrogens is 291 g/mol. The number of nitrogens with two attached hydrogens (primary N) is 1. The van der Waals surface area contributed by atoms with Gasteiger partial charge in [0.2, 0.25) is 0 Å². The lowest BCUT2D eigenvalue weighted by molar-refractivity contribution is 0.279. The van der Waals surface area contributed by atoms with Gasteiger partial charge in [0.25, 0.3) is 0 Å². The van der Waals surface area contributed by atoms with Crippen LogP contribution in [0.2, 0.25) is 0 Å². The highest BCUT2D eigenvalue weighted by Crippen LogP contribution is 2.33. The largest absolute Gasteiger partial charge is 0.492 e. The molecule has 0 aliphatic heterocycles. The predicted octanol–water partition coefficient (Wildman–Crippen LogP) is 2.61. The van der Waals surface area contributed by atoms with Crippen molar-refractivity contribution in [3.63, 3.8) is 0 Å². The second-order valence-corrected chi connectivity index (χ2v) is 4.76. The van der Waals surface area contributed by atoms with Crippen LogP contribution in [0.1, 0.15) is 18.4 Å². The Morgan fingerprint density at radius 3 is 2.75 bits per heavy atom. The fourth-order valence-corrected chi connectivity index (χ4v) is 1.55. The predicted molar refractivity (Wildman–Crippen MR) is 67.8 cm³/mol. The number of hydrogen-bond donors (Lipinski definition) is 1. The van der Waals surface area contributed by atoms with Gasteiger partial charge in [0, 0.05) is 4.47 Å². The van der Waals surface area contributed by atoms with Gasteiger partial charge in [-0.25, -0.2) is 0 Å². The SMILES string of the molecule is Cl.N#Cc1cc(OCC2(N)CC2)ccc1Br. The molecule has 0 unspecified atom stereocenters. The van der Waals surface area contributed by atoms with Crippen molar-refractivity contribution in [3.8, 4) is 11.8 Å². The van der Waals surface area contributed by atoms with E-state index in [1.54, 1.807) is 6.07 Å². The molecule has 1 aliphatic carbocycles. The molecule has 2 rings (SSSR count). The molecule has 1 saturated carbocycles. The number of benzene rings is 1. The molecule has 1 aromatic carbocycles. The van der Waals surface area contributed by atoms with Gasteiger partial charge in [-0.05, 0) is 47.0 Å². The Labute approximate surface area is 109 Å². The topological polar surface area (TPSA) is 59.0 Å². The van der Waals surface area contributed by atoms with Crippen LogP contribution in [0.15, 0.2) is 22.7 Å². The van der Waals surface area contributed by atoms with Crippen molar-refractivity contribution < 1.29 is 4.74 Å². The summed E-state index contributed by atoms with van der Waals surface area (Å²) in [6.45, 7) is 0.527. The van der Waals surface area contributed by atoms with Crippen molar-refractivity contribution in [2.45, 2.75) is 18.4 Å². The molecule has 5 heteroatoms. The molecule has 86 valence electrons. The van der Waals surface area contributed by atoms with Crippen molar-refractivity contribution in [2.24, 2.45) is 5.73 Å². The van der Waals surface area contributed by atoms with Crippen LogP contribution in [0, 0.1) is 11.3 Å². The highest BCUT2D eigenvalue weighted by molar-refractivity contribution is 9.10. The van der Waals surface area contributed by atoms with Gasteiger partial charge in [-0.2, -0.15) is 5.26 Å². The van der Waals surface area contributed by atoms with Crippen molar-refractivity contribution in [3.05, 3.63) is 28.2 Å². The summed E-state index contributed by atoms with van der Waals surface area (Å²) in [5.74, 6) is 0.700. The highest BCUT2D eigenvalue weighted by Gasteiger charge is 2.39. The summed E-state index contributed by atoms with van der Waals surface area (Å²) in [7, 11) is 0. The number of ether oxygens (including phenoxy) is 1. The van der Waals surface area contributed by atoms with Crippen LogP contribution in [0.5, 0.6) is 5.75 Å². The van der Waals surface area contributed by atoms with E-state index in [1.807, 2.05) is 12.1 Å². The Kier molecular flexibility index (Phi) is 4.20. The number of rotatable bonds is 3. The molecule has 0 aromatic heterocycles. The molecule has 16 heavy (non-hydrogen) atoms. The van der Waals surface area contributed by atoms with E-state index in [9.17, 15) is 0 Å². The summed E-state index contributed by atoms with van der Waals surface area (Å²) in [6, 6.07) is 7.45. The Morgan fingerprint density at radius 2 is 2.19 bits per heavy atom. The molecule has 0 bridgehead atoms. The van der Waals surface area contributed by atoms with Gasteiger partial charge in [0.05, 0.1) is 11.1 Å². The molecule has 0 amide bonds. The van der Waals surface area contributed by atoms with E-state index in [2.05, 4.69) is 22.0 Å². The fraction of sp³-hybridized carbons (Fsp3) is 0.364. The summed E-state index contributed by atoms with van der Waals surface area (Å²) >= 11 is 3.29. The lowest BCUT2D eigenvalue weighted by Crippen LogP contribution is -2.29. The van der Waals surface area contributed by atoms with Crippen LogP contribution in [-0.4, -0.2) is 12.1 Å². The van der Waals surface area contributed by atoms with Crippen molar-refractivity contribution >= 4 is 28.3 Å². The Morgan fingerprint density at radius 1 is 1.50 bits per heavy atom. The van der Waals surface area contributed by atoms with Crippen LogP contribution >= 0.6 is 28.3 Å². The molecule has 3 nitrogen and oxygen atoms in total. The molecule has 2 N–H and O–H groups in total. The van der Waals surface area contributed by atoms with E-state index in [4.69, 9.17) is 15.7 Å². The molecule has 0 atom stereocenters. The summed E-state index contributed by atoms with van der Waals surface area (Å²) in [4.78, 5) is 0. The zero-order chi connectivity index (χ0) is 10.9. The molecule has 0 spiro atoms. The molecule has 1 aromatic rings. The third-order valence-corrected chi connectivity index (χ3v) is 3.17. The van der Waals surface area contributed by atoms with Crippen LogP contribution in [0.4, 0.5) is 0 Å². The highest BCUT2D eigenvalue weighted by atomic mass is 79.9. The average molecular weight is 304 g/mol. The molecule has 0 radical (unpaired) electrons. The van der Waals surface area contributed by atoms with Gasteiger partial charge in [-0.1, -0.05) is 0 Å². The van der Waals surface area contributed by atoms with Gasteiger partial charge in [0.1, 0.15) is 18.4 Å². The van der Waals surface area contributed by atoms with Crippen LogP contribution in [-0.2, 0) is 0 Å². The van der Waals surface area contributed by atoms with Gasteiger partial charge < -0.3 is 10.5 Å². The van der Waals surface area contributed by atoms with Crippen LogP contribution in [0.25, 0.3) is 0 Å². The van der Waals surface area contributed by atoms with E-state index in [0.29, 0.717) is 17.9 Å². The number of halogens is 2. The lowest BCUT2D eigenvalue weighted by Gasteiger charge is -2.11. The van der Waals surface area contributed by atoms with Crippen molar-refractivity contribution in [1.29, 1.82) is 5.26 Å². The smallest absolute Gasteiger partial charge is 0.120 e. The third kappa shape index (κ3) is 3.11. The van der Waals surface area contributed by atoms with E-state index in [-0.39, 0.29) is 17.9 Å². The van der Waals surface area contributed by atoms with Crippen molar-refractivity contribution in [2.75, 3.05) is 6.61 Å². The summed E-state index contributed by atoms with van der Waals surface area (Å²) in [6.07, 6.45) is 2.04. The van der Waals surface area contributed by atoms with Gasteiger partial charge in [-0.3, -0.25) is 0 Å². The summed E-state index contributed by atoms with van der Waals surface area (Å²) < 4.78 is 6.32. The lowest BCUT2D eigenvalue weighted by atomic mass is 10.2. The normalized spacial score (nSPS) is 15.8. The first-order valence-corrected chi connectivity index (χ1v) is 5.54. The minimum atomic E-state index is -0.125. The van der Waals surface area contributed by atoms with E-state index in [1.165, 1.54) is 0 Å². The second kappa shape index (κ2) is 5.05. The minimum Gasteiger partial charge on any atom is -0.492 e. The zero-order valence-corrected chi connectivity index (χ0v) is 11.0. The summed E-state index contributed by atoms with van der Waals surface area (Å²) in [5.41, 5.74) is 6.35. The van der Waals surface area contributed by atoms with Crippen LogP contribution in [0.3, 0.4) is 0 Å². The van der Waals surface area contributed by atoms with E-state index < -0.39 is 0 Å². The first kappa shape index (κ1) is 13.3. The quantitative estimate of drug-likeness (QED) is 0.934. The maximum absolute atomic E-state index is 8.82. The monoisotopic (exact) mass is 302 g/mol. The summed E-state index contributed by atoms with van der Waals surface area (Å²) in [5, 5.41) is 8.82. The van der Waals surface area contributed by atoms with Crippen LogP contribution < -0.4 is 10.5 Å². The molecule has 1 fully saturated rings. The number of nitrogens with zero attached hydrogens (tertiary/aromatic N) is 1. The molecule has 0 saturated heterocycles. The first-order chi connectivity index (χ1) is 7.13. The van der Waals surface area contributed by atoms with E-state index in [0.717, 1.165) is 17.3 Å². The maximum Gasteiger partial charge on any atom is 0.120 e. The fourth-order valence-electron chi connectivity index (χ4n) is 1.21. The number of hydrogen-bond acceptors (Lipinski definition) is 3. The first-order valence-electron chi connectivity index (χ1n) is 4.74. The maximum atomic E-state index is 8.82. The number of nitriles is 1. The Bertz CT molecular complexity index is 426.